The minimum absolute atomic E-state index is 0.0301. The third-order valence-electron chi connectivity index (χ3n) is 6.84. The van der Waals surface area contributed by atoms with Crippen molar-refractivity contribution in [2.75, 3.05) is 49.9 Å². The zero-order chi connectivity index (χ0) is 21.4. The fourth-order valence-corrected chi connectivity index (χ4v) is 7.43. The van der Waals surface area contributed by atoms with E-state index >= 15 is 0 Å². The van der Waals surface area contributed by atoms with Crippen molar-refractivity contribution in [2.45, 2.75) is 43.4 Å². The summed E-state index contributed by atoms with van der Waals surface area (Å²) in [5, 5.41) is 0.499. The highest BCUT2D eigenvalue weighted by Crippen LogP contribution is 2.42. The van der Waals surface area contributed by atoms with Gasteiger partial charge < -0.3 is 14.7 Å². The van der Waals surface area contributed by atoms with Gasteiger partial charge in [-0.1, -0.05) is 19.3 Å². The zero-order valence-electron chi connectivity index (χ0n) is 17.8. The third kappa shape index (κ3) is 4.64. The Bertz CT molecular complexity index is 988. The van der Waals surface area contributed by atoms with E-state index in [9.17, 15) is 13.2 Å². The van der Waals surface area contributed by atoms with Crippen LogP contribution in [0.3, 0.4) is 0 Å². The number of sulfonamides is 1. The summed E-state index contributed by atoms with van der Waals surface area (Å²) >= 11 is 1.34. The van der Waals surface area contributed by atoms with Gasteiger partial charge in [0.15, 0.2) is 5.17 Å². The molecular weight excluding hydrogens is 432 g/mol. The second-order valence-electron chi connectivity index (χ2n) is 9.05. The average molecular weight is 463 g/mol. The van der Waals surface area contributed by atoms with Crippen LogP contribution in [0.25, 0.3) is 0 Å². The van der Waals surface area contributed by atoms with Crippen molar-refractivity contribution in [3.8, 4) is 0 Å². The standard InChI is InChI=1S/C22H30N4O3S2/c27-21(25-10-4-9-24(11-12-25)16-17-5-2-1-3-6-17)18-7-8-19-20(15-18)30-22-23-31(28,29)14-13-26(19)22/h7-8,15,17H,1-6,9-14,16H2. The molecule has 0 spiro atoms. The van der Waals surface area contributed by atoms with Crippen molar-refractivity contribution in [3.05, 3.63) is 23.8 Å². The minimum Gasteiger partial charge on any atom is -0.337 e. The van der Waals surface area contributed by atoms with E-state index in [4.69, 9.17) is 0 Å². The molecule has 0 atom stereocenters. The van der Waals surface area contributed by atoms with Gasteiger partial charge in [0.25, 0.3) is 15.9 Å². The van der Waals surface area contributed by atoms with Crippen molar-refractivity contribution >= 4 is 38.5 Å². The summed E-state index contributed by atoms with van der Waals surface area (Å²) < 4.78 is 27.5. The molecule has 1 aliphatic carbocycles. The zero-order valence-corrected chi connectivity index (χ0v) is 19.5. The monoisotopic (exact) mass is 462 g/mol. The lowest BCUT2D eigenvalue weighted by molar-refractivity contribution is 0.0759. The number of amides is 1. The maximum atomic E-state index is 13.2. The number of thioether (sulfide) groups is 1. The molecule has 7 nitrogen and oxygen atoms in total. The molecule has 3 heterocycles. The van der Waals surface area contributed by atoms with Crippen molar-refractivity contribution in [1.82, 2.24) is 9.80 Å². The Labute approximate surface area is 188 Å². The molecule has 0 radical (unpaired) electrons. The fraction of sp³-hybridized carbons (Fsp3) is 0.636. The highest BCUT2D eigenvalue weighted by molar-refractivity contribution is 8.15. The smallest absolute Gasteiger partial charge is 0.257 e. The van der Waals surface area contributed by atoms with Gasteiger partial charge in [-0.25, -0.2) is 8.42 Å². The molecule has 1 aromatic carbocycles. The summed E-state index contributed by atoms with van der Waals surface area (Å²) in [6.07, 6.45) is 7.86. The Morgan fingerprint density at radius 2 is 1.87 bits per heavy atom. The number of anilines is 1. The minimum atomic E-state index is -3.37. The van der Waals surface area contributed by atoms with Crippen LogP contribution < -0.4 is 4.90 Å². The number of nitrogens with zero attached hydrogens (tertiary/aromatic N) is 4. The quantitative estimate of drug-likeness (QED) is 0.688. The highest BCUT2D eigenvalue weighted by Gasteiger charge is 2.34. The SMILES string of the molecule is O=C(c1ccc2c(c1)SC1=NS(=O)(=O)CCN12)N1CCCN(CC2CCCCC2)CC1. The van der Waals surface area contributed by atoms with Crippen LogP contribution in [-0.2, 0) is 10.0 Å². The number of carbonyl (C=O) groups excluding carboxylic acids is 1. The lowest BCUT2D eigenvalue weighted by Crippen LogP contribution is -2.37. The Hall–Kier alpha value is -1.58. The van der Waals surface area contributed by atoms with Crippen LogP contribution >= 0.6 is 11.8 Å². The molecule has 0 aromatic heterocycles. The number of hydrogen-bond donors (Lipinski definition) is 0. The van der Waals surface area contributed by atoms with Gasteiger partial charge >= 0.3 is 0 Å². The first-order valence-electron chi connectivity index (χ1n) is 11.4. The molecule has 168 valence electrons. The Morgan fingerprint density at radius 1 is 1.03 bits per heavy atom. The summed E-state index contributed by atoms with van der Waals surface area (Å²) in [4.78, 5) is 20.6. The second-order valence-corrected chi connectivity index (χ2v) is 11.8. The van der Waals surface area contributed by atoms with Crippen LogP contribution in [0.2, 0.25) is 0 Å². The van der Waals surface area contributed by atoms with E-state index < -0.39 is 10.0 Å². The molecule has 4 aliphatic rings. The van der Waals surface area contributed by atoms with Crippen molar-refractivity contribution in [2.24, 2.45) is 10.3 Å². The Balaban J connectivity index is 1.24. The first-order valence-corrected chi connectivity index (χ1v) is 13.8. The van der Waals surface area contributed by atoms with E-state index in [-0.39, 0.29) is 11.7 Å². The molecule has 5 rings (SSSR count). The van der Waals surface area contributed by atoms with E-state index in [1.807, 2.05) is 28.0 Å². The fourth-order valence-electron chi connectivity index (χ4n) is 5.14. The van der Waals surface area contributed by atoms with Crippen molar-refractivity contribution in [3.63, 3.8) is 0 Å². The first-order chi connectivity index (χ1) is 15.0. The van der Waals surface area contributed by atoms with E-state index in [0.717, 1.165) is 49.1 Å². The molecule has 3 aliphatic heterocycles. The maximum Gasteiger partial charge on any atom is 0.257 e. The van der Waals surface area contributed by atoms with Gasteiger partial charge in [0.2, 0.25) is 0 Å². The maximum absolute atomic E-state index is 13.2. The first kappa shape index (κ1) is 21.3. The predicted octanol–water partition coefficient (Wildman–Crippen LogP) is 3.03. The molecular formula is C22H30N4O3S2. The molecule has 1 saturated carbocycles. The number of benzene rings is 1. The van der Waals surface area contributed by atoms with E-state index in [2.05, 4.69) is 9.30 Å². The van der Waals surface area contributed by atoms with E-state index in [0.29, 0.717) is 17.3 Å². The van der Waals surface area contributed by atoms with Crippen molar-refractivity contribution < 1.29 is 13.2 Å². The normalized spacial score (nSPS) is 24.3. The van der Waals surface area contributed by atoms with Gasteiger partial charge in [-0.3, -0.25) is 4.79 Å². The van der Waals surface area contributed by atoms with Crippen LogP contribution in [0.5, 0.6) is 0 Å². The number of hydrogen-bond acceptors (Lipinski definition) is 6. The lowest BCUT2D eigenvalue weighted by atomic mass is 9.89. The van der Waals surface area contributed by atoms with Gasteiger partial charge in [0, 0.05) is 43.2 Å². The molecule has 0 N–H and O–H groups in total. The summed E-state index contributed by atoms with van der Waals surface area (Å²) in [5.41, 5.74) is 1.63. The largest absolute Gasteiger partial charge is 0.337 e. The highest BCUT2D eigenvalue weighted by atomic mass is 32.2. The number of carbonyl (C=O) groups is 1. The lowest BCUT2D eigenvalue weighted by Gasteiger charge is -2.28. The molecule has 0 unspecified atom stereocenters. The van der Waals surface area contributed by atoms with Crippen LogP contribution in [0.4, 0.5) is 5.69 Å². The topological polar surface area (TPSA) is 73.3 Å². The third-order valence-corrected chi connectivity index (χ3v) is 9.14. The van der Waals surface area contributed by atoms with Gasteiger partial charge in [0.1, 0.15) is 0 Å². The number of fused-ring (bicyclic) bond motifs is 3. The predicted molar refractivity (Wildman–Crippen MR) is 124 cm³/mol. The van der Waals surface area contributed by atoms with Crippen LogP contribution in [0.1, 0.15) is 48.9 Å². The summed E-state index contributed by atoms with van der Waals surface area (Å²) in [7, 11) is -3.37. The van der Waals surface area contributed by atoms with Crippen LogP contribution in [-0.4, -0.2) is 74.3 Å². The van der Waals surface area contributed by atoms with Gasteiger partial charge in [0.05, 0.1) is 11.4 Å². The Kier molecular flexibility index (Phi) is 6.00. The van der Waals surface area contributed by atoms with Gasteiger partial charge in [-0.15, -0.1) is 4.40 Å². The summed E-state index contributed by atoms with van der Waals surface area (Å²) in [5.74, 6) is 0.930. The molecule has 0 bridgehead atoms. The van der Waals surface area contributed by atoms with E-state index in [1.165, 1.54) is 50.4 Å². The number of amidine groups is 1. The summed E-state index contributed by atoms with van der Waals surface area (Å²) in [6.45, 7) is 5.18. The summed E-state index contributed by atoms with van der Waals surface area (Å²) in [6, 6.07) is 5.71. The second kappa shape index (κ2) is 8.75. The Morgan fingerprint density at radius 3 is 2.71 bits per heavy atom. The van der Waals surface area contributed by atoms with Crippen LogP contribution in [0, 0.1) is 5.92 Å². The molecule has 2 fully saturated rings. The van der Waals surface area contributed by atoms with E-state index in [1.54, 1.807) is 0 Å². The average Bonchev–Trinajstić information content (AvgIpc) is 2.93. The molecule has 1 saturated heterocycles. The van der Waals surface area contributed by atoms with Gasteiger partial charge in [-0.2, -0.15) is 0 Å². The van der Waals surface area contributed by atoms with Crippen LogP contribution in [0.15, 0.2) is 27.5 Å². The van der Waals surface area contributed by atoms with Crippen molar-refractivity contribution in [1.29, 1.82) is 0 Å². The molecule has 1 aromatic rings. The number of rotatable bonds is 3. The van der Waals surface area contributed by atoms with Gasteiger partial charge in [-0.05, 0) is 61.7 Å². The molecule has 31 heavy (non-hydrogen) atoms. The molecule has 1 amide bonds. The molecule has 9 heteroatoms.